The molecule has 0 aliphatic heterocycles. The Morgan fingerprint density at radius 2 is 2.00 bits per heavy atom. The van der Waals surface area contributed by atoms with Crippen LogP contribution < -0.4 is 5.73 Å². The number of aromatic nitrogens is 3. The van der Waals surface area contributed by atoms with Gasteiger partial charge < -0.3 is 5.73 Å². The molecule has 1 heterocycles. The van der Waals surface area contributed by atoms with Crippen molar-refractivity contribution in [3.05, 3.63) is 40.7 Å². The van der Waals surface area contributed by atoms with E-state index in [0.717, 1.165) is 17.1 Å². The van der Waals surface area contributed by atoms with Crippen molar-refractivity contribution >= 4 is 0 Å². The van der Waals surface area contributed by atoms with E-state index in [9.17, 15) is 0 Å². The van der Waals surface area contributed by atoms with E-state index in [1.807, 2.05) is 10.7 Å². The van der Waals surface area contributed by atoms with Gasteiger partial charge in [-0.3, -0.25) is 0 Å². The maximum Gasteiger partial charge on any atom is 0.100 e. The fourth-order valence-electron chi connectivity index (χ4n) is 2.19. The molecule has 0 saturated heterocycles. The first-order chi connectivity index (χ1) is 8.56. The van der Waals surface area contributed by atoms with Gasteiger partial charge in [0.15, 0.2) is 0 Å². The largest absolute Gasteiger partial charge is 0.325 e. The van der Waals surface area contributed by atoms with Crippen molar-refractivity contribution in [1.29, 1.82) is 0 Å². The van der Waals surface area contributed by atoms with Gasteiger partial charge in [0.25, 0.3) is 0 Å². The summed E-state index contributed by atoms with van der Waals surface area (Å²) in [5, 5.41) is 8.46. The van der Waals surface area contributed by atoms with Crippen molar-refractivity contribution in [2.45, 2.75) is 40.2 Å². The molecule has 0 radical (unpaired) electrons. The second-order valence-corrected chi connectivity index (χ2v) is 4.91. The molecule has 0 unspecified atom stereocenters. The van der Waals surface area contributed by atoms with Crippen molar-refractivity contribution in [3.63, 3.8) is 0 Å². The molecule has 0 bridgehead atoms. The second kappa shape index (κ2) is 4.90. The van der Waals surface area contributed by atoms with Gasteiger partial charge in [0.05, 0.1) is 11.4 Å². The highest BCUT2D eigenvalue weighted by Crippen LogP contribution is 2.24. The lowest BCUT2D eigenvalue weighted by Crippen LogP contribution is -2.09. The van der Waals surface area contributed by atoms with Crippen LogP contribution in [0.4, 0.5) is 0 Å². The average Bonchev–Trinajstić information content (AvgIpc) is 2.76. The summed E-state index contributed by atoms with van der Waals surface area (Å²) in [6.45, 7) is 8.92. The number of aryl methyl sites for hydroxylation is 1. The summed E-state index contributed by atoms with van der Waals surface area (Å²) in [5.41, 5.74) is 11.3. The third-order valence-corrected chi connectivity index (χ3v) is 3.32. The van der Waals surface area contributed by atoms with Crippen LogP contribution in [0.5, 0.6) is 0 Å². The molecule has 18 heavy (non-hydrogen) atoms. The van der Waals surface area contributed by atoms with E-state index in [1.54, 1.807) is 0 Å². The van der Waals surface area contributed by atoms with E-state index in [1.165, 1.54) is 11.1 Å². The zero-order valence-electron chi connectivity index (χ0n) is 11.4. The molecule has 0 aliphatic carbocycles. The quantitative estimate of drug-likeness (QED) is 0.902. The molecule has 0 fully saturated rings. The van der Waals surface area contributed by atoms with Crippen molar-refractivity contribution in [3.8, 4) is 5.69 Å². The highest BCUT2D eigenvalue weighted by molar-refractivity contribution is 5.45. The summed E-state index contributed by atoms with van der Waals surface area (Å²) < 4.78 is 1.93. The minimum atomic E-state index is 0.346. The van der Waals surface area contributed by atoms with E-state index in [-0.39, 0.29) is 0 Å². The highest BCUT2D eigenvalue weighted by Gasteiger charge is 2.17. The van der Waals surface area contributed by atoms with Crippen LogP contribution in [0.2, 0.25) is 0 Å². The Bertz CT molecular complexity index is 555. The molecule has 2 rings (SSSR count). The predicted molar refractivity (Wildman–Crippen MR) is 72.8 cm³/mol. The van der Waals surface area contributed by atoms with Gasteiger partial charge in [0.1, 0.15) is 5.69 Å². The van der Waals surface area contributed by atoms with Crippen LogP contribution >= 0.6 is 0 Å². The molecule has 0 amide bonds. The molecule has 2 N–H and O–H groups in total. The number of rotatable bonds is 3. The molecular formula is C14H20N4. The van der Waals surface area contributed by atoms with Crippen LogP contribution in [0, 0.1) is 13.8 Å². The fraction of sp³-hybridized carbons (Fsp3) is 0.429. The third-order valence-electron chi connectivity index (χ3n) is 3.32. The topological polar surface area (TPSA) is 56.7 Å². The molecular weight excluding hydrogens is 224 g/mol. The number of hydrogen-bond donors (Lipinski definition) is 1. The van der Waals surface area contributed by atoms with Crippen molar-refractivity contribution in [2.24, 2.45) is 5.73 Å². The Hall–Kier alpha value is -1.68. The van der Waals surface area contributed by atoms with Crippen LogP contribution in [-0.2, 0) is 6.54 Å². The molecule has 4 heteroatoms. The van der Waals surface area contributed by atoms with E-state index < -0.39 is 0 Å². The molecule has 0 spiro atoms. The van der Waals surface area contributed by atoms with E-state index in [4.69, 9.17) is 5.73 Å². The van der Waals surface area contributed by atoms with Crippen molar-refractivity contribution in [1.82, 2.24) is 15.0 Å². The summed E-state index contributed by atoms with van der Waals surface area (Å²) in [4.78, 5) is 0. The molecule has 96 valence electrons. The van der Waals surface area contributed by atoms with Crippen molar-refractivity contribution in [2.75, 3.05) is 0 Å². The highest BCUT2D eigenvalue weighted by atomic mass is 15.4. The first kappa shape index (κ1) is 12.8. The van der Waals surface area contributed by atoms with E-state index >= 15 is 0 Å². The SMILES string of the molecule is Cc1cccc(-n2nnc(CN)c2C(C)C)c1C. The van der Waals surface area contributed by atoms with Gasteiger partial charge >= 0.3 is 0 Å². The van der Waals surface area contributed by atoms with Crippen molar-refractivity contribution < 1.29 is 0 Å². The van der Waals surface area contributed by atoms with Gasteiger partial charge in [0, 0.05) is 6.54 Å². The molecule has 0 saturated carbocycles. The molecule has 2 aromatic rings. The Morgan fingerprint density at radius 1 is 1.28 bits per heavy atom. The number of benzene rings is 1. The molecule has 4 nitrogen and oxygen atoms in total. The fourth-order valence-corrected chi connectivity index (χ4v) is 2.19. The van der Waals surface area contributed by atoms with E-state index in [2.05, 4.69) is 50.1 Å². The molecule has 0 atom stereocenters. The summed E-state index contributed by atoms with van der Waals surface area (Å²) in [6.07, 6.45) is 0. The maximum absolute atomic E-state index is 5.73. The summed E-state index contributed by atoms with van der Waals surface area (Å²) in [5.74, 6) is 0.346. The van der Waals surface area contributed by atoms with Crippen LogP contribution in [0.1, 0.15) is 42.3 Å². The zero-order chi connectivity index (χ0) is 13.3. The van der Waals surface area contributed by atoms with Gasteiger partial charge in [-0.15, -0.1) is 5.10 Å². The predicted octanol–water partition coefficient (Wildman–Crippen LogP) is 2.47. The number of nitrogens with zero attached hydrogens (tertiary/aromatic N) is 3. The Labute approximate surface area is 108 Å². The van der Waals surface area contributed by atoms with Gasteiger partial charge in [-0.1, -0.05) is 31.2 Å². The normalized spacial score (nSPS) is 11.2. The third kappa shape index (κ3) is 2.04. The standard InChI is InChI=1S/C14H20N4/c1-9(2)14-12(8-15)16-17-18(14)13-7-5-6-10(3)11(13)4/h5-7,9H,8,15H2,1-4H3. The van der Waals surface area contributed by atoms with Gasteiger partial charge in [-0.25, -0.2) is 4.68 Å². The molecule has 1 aromatic carbocycles. The van der Waals surface area contributed by atoms with Gasteiger partial charge in [-0.2, -0.15) is 0 Å². The minimum absolute atomic E-state index is 0.346. The summed E-state index contributed by atoms with van der Waals surface area (Å²) >= 11 is 0. The molecule has 0 aliphatic rings. The van der Waals surface area contributed by atoms with Gasteiger partial charge in [-0.05, 0) is 37.0 Å². The second-order valence-electron chi connectivity index (χ2n) is 4.91. The first-order valence-corrected chi connectivity index (χ1v) is 6.27. The minimum Gasteiger partial charge on any atom is -0.325 e. The first-order valence-electron chi connectivity index (χ1n) is 6.27. The average molecular weight is 244 g/mol. The Morgan fingerprint density at radius 3 is 2.61 bits per heavy atom. The summed E-state index contributed by atoms with van der Waals surface area (Å²) in [7, 11) is 0. The lowest BCUT2D eigenvalue weighted by molar-refractivity contribution is 0.710. The van der Waals surface area contributed by atoms with Crippen LogP contribution in [0.25, 0.3) is 5.69 Å². The molecule has 1 aromatic heterocycles. The number of nitrogens with two attached hydrogens (primary N) is 1. The van der Waals surface area contributed by atoms with Crippen LogP contribution in [-0.4, -0.2) is 15.0 Å². The Kier molecular flexibility index (Phi) is 3.48. The smallest absolute Gasteiger partial charge is 0.100 e. The number of hydrogen-bond acceptors (Lipinski definition) is 3. The lowest BCUT2D eigenvalue weighted by atomic mass is 10.1. The Balaban J connectivity index is 2.64. The zero-order valence-corrected chi connectivity index (χ0v) is 11.4. The summed E-state index contributed by atoms with van der Waals surface area (Å²) in [6, 6.07) is 6.23. The monoisotopic (exact) mass is 244 g/mol. The van der Waals surface area contributed by atoms with Gasteiger partial charge in [0.2, 0.25) is 0 Å². The van der Waals surface area contributed by atoms with Crippen LogP contribution in [0.15, 0.2) is 18.2 Å². The maximum atomic E-state index is 5.73. The lowest BCUT2D eigenvalue weighted by Gasteiger charge is -2.13. The van der Waals surface area contributed by atoms with E-state index in [0.29, 0.717) is 12.5 Å². The van der Waals surface area contributed by atoms with Crippen LogP contribution in [0.3, 0.4) is 0 Å².